The molecule has 0 saturated heterocycles. The number of rotatable bonds is 12. The van der Waals surface area contributed by atoms with Crippen LogP contribution in [0.1, 0.15) is 117 Å². The zero-order valence-corrected chi connectivity index (χ0v) is 50.1. The minimum atomic E-state index is -5.06. The van der Waals surface area contributed by atoms with E-state index in [1.54, 1.807) is 48.6 Å². The van der Waals surface area contributed by atoms with Crippen molar-refractivity contribution in [3.63, 3.8) is 0 Å². The van der Waals surface area contributed by atoms with Gasteiger partial charge in [0.15, 0.2) is 0 Å². The fourth-order valence-electron chi connectivity index (χ4n) is 10.2. The van der Waals surface area contributed by atoms with E-state index in [4.69, 9.17) is 56.2 Å². The van der Waals surface area contributed by atoms with Crippen LogP contribution in [0, 0.1) is 0 Å². The van der Waals surface area contributed by atoms with E-state index in [0.717, 1.165) is 0 Å². The first-order valence-electron chi connectivity index (χ1n) is 24.6. The van der Waals surface area contributed by atoms with Crippen LogP contribution < -0.4 is 10.7 Å². The van der Waals surface area contributed by atoms with Crippen LogP contribution in [-0.4, -0.2) is 143 Å². The third-order valence-corrected chi connectivity index (χ3v) is 24.9. The van der Waals surface area contributed by atoms with Crippen molar-refractivity contribution in [1.82, 2.24) is 4.75 Å². The number of aromatic nitrogens is 2. The quantitative estimate of drug-likeness (QED) is 0.0756. The molecule has 0 atom stereocenters. The zero-order chi connectivity index (χ0) is 58.4. The van der Waals surface area contributed by atoms with Gasteiger partial charge in [0, 0.05) is 0 Å². The van der Waals surface area contributed by atoms with Gasteiger partial charge in [-0.1, -0.05) is 0 Å². The van der Waals surface area contributed by atoms with Gasteiger partial charge in [-0.2, -0.15) is 0 Å². The van der Waals surface area contributed by atoms with Crippen molar-refractivity contribution in [3.8, 4) is 0 Å². The molecule has 0 saturated carbocycles. The first-order valence-corrected chi connectivity index (χ1v) is 34.2. The molecule has 0 amide bonds. The molecule has 0 fully saturated rings. The zero-order valence-electron chi connectivity index (χ0n) is 44.8. The average Bonchev–Trinajstić information content (AvgIpc) is 2.95. The van der Waals surface area contributed by atoms with Crippen LogP contribution >= 0.6 is 8.32 Å². The van der Waals surface area contributed by atoms with Gasteiger partial charge in [0.05, 0.1) is 0 Å². The van der Waals surface area contributed by atoms with Crippen LogP contribution in [0.2, 0.25) is 0 Å². The fraction of sp³-hybridized carbons (Fsp3) is 0.133. The van der Waals surface area contributed by atoms with Crippen LogP contribution in [0.3, 0.4) is 0 Å². The number of methoxy groups -OCH3 is 8. The van der Waals surface area contributed by atoms with Gasteiger partial charge in [-0.15, -0.1) is 0 Å². The summed E-state index contributed by atoms with van der Waals surface area (Å²) in [5, 5.41) is 0.802. The Bertz CT molecular complexity index is 3830. The second-order valence-corrected chi connectivity index (χ2v) is 28.2. The van der Waals surface area contributed by atoms with Crippen molar-refractivity contribution in [2.24, 2.45) is 9.98 Å². The Labute approximate surface area is 478 Å². The number of aliphatic imine (C=N–C) groups is 2. The van der Waals surface area contributed by atoms with Crippen molar-refractivity contribution in [1.29, 1.82) is 0 Å². The first-order chi connectivity index (χ1) is 39.5. The number of hydrogen-bond acceptors (Lipinski definition) is 18. The average molecular weight is 1320 g/mol. The molecule has 6 aromatic rings. The van der Waals surface area contributed by atoms with E-state index >= 15 is 0 Å². The Hall–Kier alpha value is -9.55. The van der Waals surface area contributed by atoms with Crippen molar-refractivity contribution in [2.45, 2.75) is 0 Å². The Balaban J connectivity index is 1.48. The SMILES string of the molecule is COC(=O)c1cc(C(=O)OC)cc(C2=C3C=CC(=N3)C(c3cc(C(=O)OC)cc(C(=O)OC)c3)=c3ccc4[n]3[Tl]([Cl])[n]3c2ccc3C(c2cc(C(=O)OC)cc(C(=O)OC)c2)=C2C=CC(=N2)C=4c2cc(C(=O)OC)cc(C(=O)OC)c2)c1. The van der Waals surface area contributed by atoms with E-state index < -0.39 is 69.8 Å². The standard InChI is InChI=1S/C60H44N4O16.ClH.Tl/c1-73-53(65)33-17-29(18-34(25-33)54(66)74-2)49-41-9-11-43(61-41)50(30-19-35(55(67)75-3)26-36(20-30)56(68)76-4)45-13-15-47(63-45)52(32-23-39(59(71)79-7)28-40(24-32)60(72)80-8)48-16-14-46(64-48)51(44-12-10-42(49)62-44)31-21-37(57(69)77-5)27-38(22-31)58(70)78-6;;/h9-28H,1-8H3;1H;/q-2;;+3/p-1. The van der Waals surface area contributed by atoms with E-state index in [1.165, 1.54) is 130 Å². The Morgan fingerprint density at radius 3 is 0.829 bits per heavy atom. The van der Waals surface area contributed by atoms with Crippen LogP contribution in [0.4, 0.5) is 0 Å². The summed E-state index contributed by atoms with van der Waals surface area (Å²) in [6, 6.07) is 24.7. The molecule has 6 heterocycles. The second-order valence-electron chi connectivity index (χ2n) is 18.3. The molecule has 0 aliphatic carbocycles. The molecular weight excluding hydrogens is 1270 g/mol. The van der Waals surface area contributed by atoms with Gasteiger partial charge in [0.25, 0.3) is 0 Å². The number of esters is 8. The molecule has 410 valence electrons. The van der Waals surface area contributed by atoms with Gasteiger partial charge >= 0.3 is 481 Å². The van der Waals surface area contributed by atoms with Crippen molar-refractivity contribution in [3.05, 3.63) is 222 Å². The predicted octanol–water partition coefficient (Wildman–Crippen LogP) is 6.17. The number of benzene rings is 4. The van der Waals surface area contributed by atoms with Gasteiger partial charge in [-0.3, -0.25) is 0 Å². The number of allylic oxidation sites excluding steroid dienone is 4. The van der Waals surface area contributed by atoms with E-state index in [-0.39, 0.29) is 89.6 Å². The molecule has 6 bridgehead atoms. The number of nitrogens with zero attached hydrogens (tertiary/aromatic N) is 4. The molecule has 0 N–H and O–H groups in total. The summed E-state index contributed by atoms with van der Waals surface area (Å²) >= 11 is -5.06. The molecule has 82 heavy (non-hydrogen) atoms. The number of carbonyl (C=O) groups is 8. The minimum absolute atomic E-state index is 0.0239. The third kappa shape index (κ3) is 9.78. The Morgan fingerprint density at radius 2 is 0.585 bits per heavy atom. The maximum atomic E-state index is 13.6. The Kier molecular flexibility index (Phi) is 15.3. The molecule has 2 aromatic heterocycles. The summed E-state index contributed by atoms with van der Waals surface area (Å²) < 4.78 is 45.4. The van der Waals surface area contributed by atoms with Crippen LogP contribution in [-0.2, 0) is 37.9 Å². The molecule has 0 spiro atoms. The molecule has 20 nitrogen and oxygen atoms in total. The van der Waals surface area contributed by atoms with Gasteiger partial charge < -0.3 is 0 Å². The number of carbonyl (C=O) groups excluding carboxylic acids is 8. The first kappa shape index (κ1) is 55.8. The summed E-state index contributed by atoms with van der Waals surface area (Å²) in [5.41, 5.74) is 4.19. The Morgan fingerprint density at radius 1 is 0.341 bits per heavy atom. The molecular formula is C60H44ClN4O16Tl. The molecule has 4 aliphatic rings. The molecule has 0 radical (unpaired) electrons. The number of hydrogen-bond donors (Lipinski definition) is 0. The monoisotopic (exact) mass is 1320 g/mol. The van der Waals surface area contributed by atoms with Crippen molar-refractivity contribution < 1.29 is 76.3 Å². The number of ether oxygens (including phenoxy) is 8. The predicted molar refractivity (Wildman–Crippen MR) is 297 cm³/mol. The molecule has 22 heteroatoms. The summed E-state index contributed by atoms with van der Waals surface area (Å²) in [6.45, 7) is 0. The maximum absolute atomic E-state index is 13.6. The van der Waals surface area contributed by atoms with E-state index in [0.29, 0.717) is 44.4 Å². The van der Waals surface area contributed by atoms with Crippen LogP contribution in [0.15, 0.2) is 143 Å². The number of fused-ring (bicyclic) bond motifs is 2. The summed E-state index contributed by atoms with van der Waals surface area (Å²) in [5.74, 6) is -6.25. The molecule has 4 aliphatic heterocycles. The normalized spacial score (nSPS) is 13.7. The summed E-state index contributed by atoms with van der Waals surface area (Å²) in [4.78, 5) is 119. The summed E-state index contributed by atoms with van der Waals surface area (Å²) in [7, 11) is 18.1. The number of halogens is 1. The summed E-state index contributed by atoms with van der Waals surface area (Å²) in [6.07, 6.45) is 6.87. The van der Waals surface area contributed by atoms with Gasteiger partial charge in [0.2, 0.25) is 0 Å². The van der Waals surface area contributed by atoms with E-state index in [2.05, 4.69) is 0 Å². The molecule has 10 rings (SSSR count). The van der Waals surface area contributed by atoms with Crippen molar-refractivity contribution >= 4 is 112 Å². The molecule has 0 unspecified atom stereocenters. The van der Waals surface area contributed by atoms with Crippen molar-refractivity contribution in [2.75, 3.05) is 56.9 Å². The fourth-order valence-corrected chi connectivity index (χ4v) is 21.8. The van der Waals surface area contributed by atoms with Gasteiger partial charge in [-0.25, -0.2) is 0 Å². The van der Waals surface area contributed by atoms with E-state index in [9.17, 15) is 38.4 Å². The van der Waals surface area contributed by atoms with Gasteiger partial charge in [-0.05, 0) is 0 Å². The molecule has 4 aromatic carbocycles. The van der Waals surface area contributed by atoms with Gasteiger partial charge in [0.1, 0.15) is 0 Å². The van der Waals surface area contributed by atoms with Crippen LogP contribution in [0.25, 0.3) is 22.3 Å². The third-order valence-electron chi connectivity index (χ3n) is 13.8. The second kappa shape index (κ2) is 22.5. The van der Waals surface area contributed by atoms with Crippen LogP contribution in [0.5, 0.6) is 0 Å². The topological polar surface area (TPSA) is 245 Å². The van der Waals surface area contributed by atoms with E-state index in [1.807, 2.05) is 4.75 Å².